The molecule has 0 spiro atoms. The first-order valence-corrected chi connectivity index (χ1v) is 11.2. The monoisotopic (exact) mass is 446 g/mol. The minimum absolute atomic E-state index is 0.184. The molecule has 4 aromatic rings. The van der Waals surface area contributed by atoms with Gasteiger partial charge in [-0.2, -0.15) is 10.2 Å². The van der Waals surface area contributed by atoms with Crippen molar-refractivity contribution in [2.75, 3.05) is 26.2 Å². The highest BCUT2D eigenvalue weighted by atomic mass is 16.5. The molecule has 1 fully saturated rings. The van der Waals surface area contributed by atoms with Gasteiger partial charge in [0, 0.05) is 24.7 Å². The predicted octanol–water partition coefficient (Wildman–Crippen LogP) is 2.74. The topological polar surface area (TPSA) is 97.8 Å². The van der Waals surface area contributed by atoms with Crippen LogP contribution in [-0.4, -0.2) is 66.6 Å². The van der Waals surface area contributed by atoms with Crippen molar-refractivity contribution in [1.82, 2.24) is 29.3 Å². The Morgan fingerprint density at radius 1 is 1.09 bits per heavy atom. The van der Waals surface area contributed by atoms with E-state index in [-0.39, 0.29) is 6.54 Å². The lowest BCUT2D eigenvalue weighted by Gasteiger charge is -2.14. The number of ether oxygens (including phenoxy) is 1. The zero-order valence-corrected chi connectivity index (χ0v) is 18.3. The third kappa shape index (κ3) is 5.04. The Morgan fingerprint density at radius 3 is 2.70 bits per heavy atom. The number of aliphatic carboxylic acids is 1. The van der Waals surface area contributed by atoms with Gasteiger partial charge in [0.05, 0.1) is 11.9 Å². The molecule has 1 aliphatic heterocycles. The maximum absolute atomic E-state index is 10.9. The summed E-state index contributed by atoms with van der Waals surface area (Å²) in [5.41, 5.74) is 3.43. The van der Waals surface area contributed by atoms with Crippen LogP contribution in [0.3, 0.4) is 0 Å². The second kappa shape index (κ2) is 9.41. The maximum atomic E-state index is 10.9. The van der Waals surface area contributed by atoms with Crippen LogP contribution in [0.1, 0.15) is 24.2 Å². The SMILES string of the molecule is O=C(O)Cn1cc(-c2cccc3nc(Cc4ccc(OCCN5CCCC5)cc4)nn23)cn1. The van der Waals surface area contributed by atoms with E-state index in [2.05, 4.69) is 20.1 Å². The van der Waals surface area contributed by atoms with Crippen LogP contribution in [-0.2, 0) is 17.8 Å². The Hall–Kier alpha value is -3.72. The number of likely N-dealkylation sites (tertiary alicyclic amines) is 1. The van der Waals surface area contributed by atoms with Gasteiger partial charge in [-0.1, -0.05) is 18.2 Å². The van der Waals surface area contributed by atoms with E-state index in [1.54, 1.807) is 16.9 Å². The summed E-state index contributed by atoms with van der Waals surface area (Å²) in [6.45, 7) is 3.86. The van der Waals surface area contributed by atoms with Crippen LogP contribution in [0.5, 0.6) is 5.75 Å². The van der Waals surface area contributed by atoms with Crippen molar-refractivity contribution in [2.45, 2.75) is 25.8 Å². The first kappa shape index (κ1) is 21.1. The summed E-state index contributed by atoms with van der Waals surface area (Å²) in [5, 5.41) is 17.8. The minimum atomic E-state index is -0.936. The summed E-state index contributed by atoms with van der Waals surface area (Å²) in [4.78, 5) is 18.0. The Kier molecular flexibility index (Phi) is 6.03. The Balaban J connectivity index is 1.26. The molecule has 170 valence electrons. The van der Waals surface area contributed by atoms with Crippen LogP contribution in [0.2, 0.25) is 0 Å². The molecule has 4 heterocycles. The highest BCUT2D eigenvalue weighted by Gasteiger charge is 2.13. The summed E-state index contributed by atoms with van der Waals surface area (Å²) >= 11 is 0. The van der Waals surface area contributed by atoms with Crippen molar-refractivity contribution in [3.8, 4) is 17.0 Å². The van der Waals surface area contributed by atoms with Gasteiger partial charge in [-0.25, -0.2) is 9.50 Å². The number of nitrogens with zero attached hydrogens (tertiary/aromatic N) is 6. The fraction of sp³-hybridized carbons (Fsp3) is 0.333. The van der Waals surface area contributed by atoms with Crippen molar-refractivity contribution in [3.63, 3.8) is 0 Å². The van der Waals surface area contributed by atoms with Crippen LogP contribution >= 0.6 is 0 Å². The molecular weight excluding hydrogens is 420 g/mol. The summed E-state index contributed by atoms with van der Waals surface area (Å²) < 4.78 is 9.05. The van der Waals surface area contributed by atoms with E-state index in [1.165, 1.54) is 30.6 Å². The lowest BCUT2D eigenvalue weighted by atomic mass is 10.1. The number of hydrogen-bond acceptors (Lipinski definition) is 6. The van der Waals surface area contributed by atoms with Gasteiger partial charge in [-0.3, -0.25) is 14.4 Å². The highest BCUT2D eigenvalue weighted by molar-refractivity contribution is 5.67. The van der Waals surface area contributed by atoms with Gasteiger partial charge < -0.3 is 9.84 Å². The standard InChI is InChI=1S/C24H26N6O3/c31-24(32)17-29-16-19(15-25-29)21-4-3-5-23-26-22(27-30(21)23)14-18-6-8-20(9-7-18)33-13-12-28-10-1-2-11-28/h3-9,15-16H,1-2,10-14,17H2,(H,31,32). The van der Waals surface area contributed by atoms with E-state index in [4.69, 9.17) is 9.84 Å². The van der Waals surface area contributed by atoms with Crippen molar-refractivity contribution in [1.29, 1.82) is 0 Å². The largest absolute Gasteiger partial charge is 0.492 e. The Labute approximate surface area is 191 Å². The first-order valence-electron chi connectivity index (χ1n) is 11.2. The molecule has 0 radical (unpaired) electrons. The molecule has 0 atom stereocenters. The second-order valence-corrected chi connectivity index (χ2v) is 8.25. The van der Waals surface area contributed by atoms with Crippen molar-refractivity contribution < 1.29 is 14.6 Å². The fourth-order valence-electron chi connectivity index (χ4n) is 4.15. The Morgan fingerprint density at radius 2 is 1.91 bits per heavy atom. The molecule has 33 heavy (non-hydrogen) atoms. The molecule has 1 aromatic carbocycles. The van der Waals surface area contributed by atoms with Gasteiger partial charge in [0.15, 0.2) is 11.5 Å². The molecule has 1 aliphatic rings. The number of carbonyl (C=O) groups is 1. The molecule has 0 amide bonds. The summed E-state index contributed by atoms with van der Waals surface area (Å²) in [7, 11) is 0. The zero-order valence-electron chi connectivity index (χ0n) is 18.3. The fourth-order valence-corrected chi connectivity index (χ4v) is 4.15. The number of carboxylic acid groups (broad SMARTS) is 1. The smallest absolute Gasteiger partial charge is 0.325 e. The van der Waals surface area contributed by atoms with E-state index in [0.29, 0.717) is 18.9 Å². The normalized spacial score (nSPS) is 14.2. The van der Waals surface area contributed by atoms with E-state index in [1.807, 2.05) is 42.5 Å². The molecular formula is C24H26N6O3. The molecule has 3 aromatic heterocycles. The van der Waals surface area contributed by atoms with E-state index in [9.17, 15) is 4.79 Å². The van der Waals surface area contributed by atoms with Crippen molar-refractivity contribution >= 4 is 11.6 Å². The quantitative estimate of drug-likeness (QED) is 0.422. The van der Waals surface area contributed by atoms with Gasteiger partial charge in [0.2, 0.25) is 0 Å². The molecule has 1 N–H and O–H groups in total. The highest BCUT2D eigenvalue weighted by Crippen LogP contribution is 2.21. The Bertz CT molecular complexity index is 1240. The number of fused-ring (bicyclic) bond motifs is 1. The minimum Gasteiger partial charge on any atom is -0.492 e. The summed E-state index contributed by atoms with van der Waals surface area (Å²) in [5.74, 6) is 0.651. The lowest BCUT2D eigenvalue weighted by Crippen LogP contribution is -2.25. The van der Waals surface area contributed by atoms with Gasteiger partial charge >= 0.3 is 5.97 Å². The lowest BCUT2D eigenvalue weighted by molar-refractivity contribution is -0.137. The molecule has 1 saturated heterocycles. The molecule has 0 aliphatic carbocycles. The number of rotatable bonds is 9. The van der Waals surface area contributed by atoms with Crippen molar-refractivity contribution in [2.24, 2.45) is 0 Å². The first-order chi connectivity index (χ1) is 16.1. The molecule has 0 bridgehead atoms. The van der Waals surface area contributed by atoms with Gasteiger partial charge in [0.25, 0.3) is 0 Å². The number of benzene rings is 1. The van der Waals surface area contributed by atoms with Crippen LogP contribution < -0.4 is 4.74 Å². The summed E-state index contributed by atoms with van der Waals surface area (Å²) in [6, 6.07) is 13.8. The van der Waals surface area contributed by atoms with E-state index in [0.717, 1.165) is 34.8 Å². The van der Waals surface area contributed by atoms with Crippen LogP contribution in [0.4, 0.5) is 0 Å². The number of aromatic nitrogens is 5. The van der Waals surface area contributed by atoms with E-state index >= 15 is 0 Å². The second-order valence-electron chi connectivity index (χ2n) is 8.25. The number of hydrogen-bond donors (Lipinski definition) is 1. The summed E-state index contributed by atoms with van der Waals surface area (Å²) in [6.07, 6.45) is 6.53. The number of pyridine rings is 1. The molecule has 5 rings (SSSR count). The van der Waals surface area contributed by atoms with Crippen LogP contribution in [0.25, 0.3) is 16.9 Å². The van der Waals surface area contributed by atoms with Crippen LogP contribution in [0, 0.1) is 0 Å². The van der Waals surface area contributed by atoms with E-state index < -0.39 is 5.97 Å². The van der Waals surface area contributed by atoms with Gasteiger partial charge in [-0.05, 0) is 55.8 Å². The van der Waals surface area contributed by atoms with Crippen molar-refractivity contribution in [3.05, 3.63) is 66.2 Å². The third-order valence-corrected chi connectivity index (χ3v) is 5.79. The molecule has 0 saturated carbocycles. The van der Waals surface area contributed by atoms with Crippen LogP contribution in [0.15, 0.2) is 54.9 Å². The number of carboxylic acids is 1. The molecule has 0 unspecified atom stereocenters. The average molecular weight is 447 g/mol. The molecule has 9 nitrogen and oxygen atoms in total. The average Bonchev–Trinajstić information content (AvgIpc) is 3.55. The third-order valence-electron chi connectivity index (χ3n) is 5.79. The zero-order chi connectivity index (χ0) is 22.6. The molecule has 9 heteroatoms. The predicted molar refractivity (Wildman–Crippen MR) is 122 cm³/mol. The van der Waals surface area contributed by atoms with Gasteiger partial charge in [0.1, 0.15) is 18.9 Å². The maximum Gasteiger partial charge on any atom is 0.325 e. The van der Waals surface area contributed by atoms with Gasteiger partial charge in [-0.15, -0.1) is 0 Å².